The monoisotopic (exact) mass is 530 g/mol. The van der Waals surface area contributed by atoms with Crippen LogP contribution in [0.1, 0.15) is 62.1 Å². The van der Waals surface area contributed by atoms with Gasteiger partial charge >= 0.3 is 0 Å². The number of ether oxygens (including phenoxy) is 1. The zero-order valence-corrected chi connectivity index (χ0v) is 21.2. The molecular formula is C31H28F6O. The van der Waals surface area contributed by atoms with E-state index >= 15 is 8.78 Å². The van der Waals surface area contributed by atoms with Crippen LogP contribution in [-0.2, 0) is 6.42 Å². The van der Waals surface area contributed by atoms with Gasteiger partial charge in [0.25, 0.3) is 0 Å². The molecule has 3 aromatic rings. The lowest BCUT2D eigenvalue weighted by Crippen LogP contribution is -2.09. The Labute approximate surface area is 218 Å². The summed E-state index contributed by atoms with van der Waals surface area (Å²) < 4.78 is 93.5. The van der Waals surface area contributed by atoms with E-state index in [0.717, 1.165) is 6.07 Å². The smallest absolute Gasteiger partial charge is 0.201 e. The molecule has 0 aliphatic heterocycles. The first-order chi connectivity index (χ1) is 18.3. The molecule has 7 heteroatoms. The van der Waals surface area contributed by atoms with Gasteiger partial charge in [-0.25, -0.2) is 22.0 Å². The summed E-state index contributed by atoms with van der Waals surface area (Å²) in [5.74, 6) is -7.40. The standard InChI is InChI=1S/C31H28F6O/c1-3-5-6-7-20-12-13-21(27(33)26(20)32)18-8-10-19(11-9-18)22-14-15-23(29(35)28(22)34)24-16-17-25(38-4-2)31(37)30(24)36/h3,5,10,12-18H,4,6-9,11H2,1-2H3. The summed E-state index contributed by atoms with van der Waals surface area (Å²) in [6.07, 6.45) is 7.51. The van der Waals surface area contributed by atoms with E-state index in [4.69, 9.17) is 4.74 Å². The molecule has 0 N–H and O–H groups in total. The van der Waals surface area contributed by atoms with Crippen molar-refractivity contribution in [2.45, 2.75) is 51.9 Å². The highest BCUT2D eigenvalue weighted by molar-refractivity contribution is 5.73. The Balaban J connectivity index is 1.56. The maximum Gasteiger partial charge on any atom is 0.201 e. The van der Waals surface area contributed by atoms with Crippen molar-refractivity contribution >= 4 is 5.57 Å². The Kier molecular flexibility index (Phi) is 8.65. The lowest BCUT2D eigenvalue weighted by atomic mass is 9.81. The van der Waals surface area contributed by atoms with E-state index < -0.39 is 46.0 Å². The molecule has 0 bridgehead atoms. The second kappa shape index (κ2) is 11.9. The van der Waals surface area contributed by atoms with Gasteiger partial charge in [-0.15, -0.1) is 0 Å². The van der Waals surface area contributed by atoms with Gasteiger partial charge in [0, 0.05) is 16.7 Å². The minimum atomic E-state index is -1.33. The lowest BCUT2D eigenvalue weighted by Gasteiger charge is -2.24. The molecule has 1 atom stereocenters. The van der Waals surface area contributed by atoms with Crippen LogP contribution in [-0.4, -0.2) is 6.61 Å². The fraction of sp³-hybridized carbons (Fsp3) is 0.290. The van der Waals surface area contributed by atoms with Crippen molar-refractivity contribution in [3.8, 4) is 16.9 Å². The van der Waals surface area contributed by atoms with Crippen LogP contribution in [0.3, 0.4) is 0 Å². The van der Waals surface area contributed by atoms with E-state index in [1.807, 2.05) is 19.1 Å². The van der Waals surface area contributed by atoms with Crippen molar-refractivity contribution < 1.29 is 31.1 Å². The van der Waals surface area contributed by atoms with Crippen LogP contribution in [0, 0.1) is 34.9 Å². The molecule has 1 unspecified atom stereocenters. The lowest BCUT2D eigenvalue weighted by molar-refractivity contribution is 0.314. The van der Waals surface area contributed by atoms with Crippen molar-refractivity contribution in [3.05, 3.63) is 106 Å². The summed E-state index contributed by atoms with van der Waals surface area (Å²) >= 11 is 0. The van der Waals surface area contributed by atoms with Crippen LogP contribution in [0.15, 0.2) is 54.6 Å². The Bertz CT molecular complexity index is 1390. The predicted octanol–water partition coefficient (Wildman–Crippen LogP) is 9.45. The number of aryl methyl sites for hydroxylation is 1. The largest absolute Gasteiger partial charge is 0.491 e. The molecule has 0 fully saturated rings. The van der Waals surface area contributed by atoms with Gasteiger partial charge in [0.2, 0.25) is 5.82 Å². The third kappa shape index (κ3) is 5.38. The second-order valence-corrected chi connectivity index (χ2v) is 9.21. The molecule has 0 saturated carbocycles. The summed E-state index contributed by atoms with van der Waals surface area (Å²) in [6.45, 7) is 3.59. The number of hydrogen-bond donors (Lipinski definition) is 0. The van der Waals surface area contributed by atoms with Gasteiger partial charge in [0.15, 0.2) is 34.8 Å². The van der Waals surface area contributed by atoms with Gasteiger partial charge in [-0.2, -0.15) is 4.39 Å². The minimum absolute atomic E-state index is 0.00231. The summed E-state index contributed by atoms with van der Waals surface area (Å²) in [5, 5.41) is 0. The number of benzene rings is 3. The van der Waals surface area contributed by atoms with Crippen LogP contribution < -0.4 is 4.74 Å². The fourth-order valence-electron chi connectivity index (χ4n) is 4.89. The molecule has 3 aromatic carbocycles. The third-order valence-electron chi connectivity index (χ3n) is 6.92. The molecule has 200 valence electrons. The maximum atomic E-state index is 15.1. The molecular weight excluding hydrogens is 502 g/mol. The van der Waals surface area contributed by atoms with Crippen molar-refractivity contribution in [1.29, 1.82) is 0 Å². The average molecular weight is 531 g/mol. The first-order valence-corrected chi connectivity index (χ1v) is 12.6. The first-order valence-electron chi connectivity index (χ1n) is 12.6. The quantitative estimate of drug-likeness (QED) is 0.208. The van der Waals surface area contributed by atoms with E-state index in [-0.39, 0.29) is 29.4 Å². The summed E-state index contributed by atoms with van der Waals surface area (Å²) in [6, 6.07) is 8.06. The van der Waals surface area contributed by atoms with E-state index in [2.05, 4.69) is 0 Å². The molecule has 4 rings (SSSR count). The van der Waals surface area contributed by atoms with Gasteiger partial charge in [0.1, 0.15) is 0 Å². The van der Waals surface area contributed by atoms with E-state index in [1.165, 1.54) is 18.2 Å². The Morgan fingerprint density at radius 2 is 1.45 bits per heavy atom. The highest BCUT2D eigenvalue weighted by atomic mass is 19.2. The minimum Gasteiger partial charge on any atom is -0.491 e. The number of rotatable bonds is 8. The van der Waals surface area contributed by atoms with Crippen LogP contribution in [0.4, 0.5) is 26.3 Å². The molecule has 1 nitrogen and oxygen atoms in total. The Morgan fingerprint density at radius 3 is 2.11 bits per heavy atom. The van der Waals surface area contributed by atoms with E-state index in [0.29, 0.717) is 43.2 Å². The summed E-state index contributed by atoms with van der Waals surface area (Å²) in [4.78, 5) is 0. The van der Waals surface area contributed by atoms with Gasteiger partial charge in [-0.05, 0) is 80.7 Å². The number of hydrogen-bond acceptors (Lipinski definition) is 1. The Morgan fingerprint density at radius 1 is 0.789 bits per heavy atom. The summed E-state index contributed by atoms with van der Waals surface area (Å²) in [5.41, 5.74) is 0.277. The molecule has 1 aliphatic rings. The van der Waals surface area contributed by atoms with E-state index in [1.54, 1.807) is 25.1 Å². The molecule has 0 saturated heterocycles. The predicted molar refractivity (Wildman–Crippen MR) is 137 cm³/mol. The van der Waals surface area contributed by atoms with Crippen molar-refractivity contribution in [3.63, 3.8) is 0 Å². The molecule has 0 amide bonds. The molecule has 0 heterocycles. The van der Waals surface area contributed by atoms with Gasteiger partial charge in [-0.3, -0.25) is 0 Å². The fourth-order valence-corrected chi connectivity index (χ4v) is 4.89. The molecule has 38 heavy (non-hydrogen) atoms. The summed E-state index contributed by atoms with van der Waals surface area (Å²) in [7, 11) is 0. The SMILES string of the molecule is CC=CCCc1ccc(C2CC=C(c3ccc(-c4ccc(OCC)c(F)c4F)c(F)c3F)CC2)c(F)c1F. The van der Waals surface area contributed by atoms with Crippen LogP contribution in [0.25, 0.3) is 16.7 Å². The van der Waals surface area contributed by atoms with Crippen molar-refractivity contribution in [1.82, 2.24) is 0 Å². The number of allylic oxidation sites excluding steroid dienone is 4. The van der Waals surface area contributed by atoms with Crippen molar-refractivity contribution in [2.24, 2.45) is 0 Å². The van der Waals surface area contributed by atoms with Crippen molar-refractivity contribution in [2.75, 3.05) is 6.61 Å². The van der Waals surface area contributed by atoms with Gasteiger partial charge < -0.3 is 4.74 Å². The molecule has 0 aromatic heterocycles. The zero-order valence-electron chi connectivity index (χ0n) is 21.2. The van der Waals surface area contributed by atoms with Gasteiger partial charge in [-0.1, -0.05) is 42.5 Å². The number of halogens is 6. The second-order valence-electron chi connectivity index (χ2n) is 9.21. The molecule has 0 spiro atoms. The third-order valence-corrected chi connectivity index (χ3v) is 6.92. The highest BCUT2D eigenvalue weighted by Gasteiger charge is 2.26. The van der Waals surface area contributed by atoms with Crippen LogP contribution >= 0.6 is 0 Å². The maximum absolute atomic E-state index is 15.1. The molecule has 0 radical (unpaired) electrons. The Hall–Kier alpha value is -3.48. The van der Waals surface area contributed by atoms with Gasteiger partial charge in [0.05, 0.1) is 6.61 Å². The normalized spacial score (nSPS) is 15.7. The van der Waals surface area contributed by atoms with Crippen LogP contribution in [0.2, 0.25) is 0 Å². The zero-order chi connectivity index (χ0) is 27.4. The molecule has 1 aliphatic carbocycles. The van der Waals surface area contributed by atoms with Crippen LogP contribution in [0.5, 0.6) is 5.75 Å². The average Bonchev–Trinajstić information content (AvgIpc) is 2.92. The van der Waals surface area contributed by atoms with E-state index in [9.17, 15) is 17.6 Å². The highest BCUT2D eigenvalue weighted by Crippen LogP contribution is 2.40. The first kappa shape index (κ1) is 27.6. The topological polar surface area (TPSA) is 9.23 Å².